The van der Waals surface area contributed by atoms with Crippen LogP contribution >= 0.6 is 0 Å². The Bertz CT molecular complexity index is 1090. The number of nitrogens with zero attached hydrogens (tertiary/aromatic N) is 1. The van der Waals surface area contributed by atoms with E-state index < -0.39 is 0 Å². The Morgan fingerprint density at radius 3 is 1.79 bits per heavy atom. The maximum atomic E-state index is 2.95. The molecule has 0 fully saturated rings. The van der Waals surface area contributed by atoms with Crippen molar-refractivity contribution in [3.8, 4) is 11.1 Å². The molecule has 1 nitrogen and oxygen atoms in total. The van der Waals surface area contributed by atoms with Gasteiger partial charge in [-0.15, -0.1) is 0 Å². The average Bonchev–Trinajstić information content (AvgIpc) is 3.33. The Morgan fingerprint density at radius 2 is 1.21 bits per heavy atom. The van der Waals surface area contributed by atoms with Gasteiger partial charge in [0.1, 0.15) is 0 Å². The molecule has 1 heteroatoms. The highest BCUT2D eigenvalue weighted by atomic mass is 15.2. The first-order valence-corrected chi connectivity index (χ1v) is 18.3. The second-order valence-electron chi connectivity index (χ2n) is 15.2. The third-order valence-electron chi connectivity index (χ3n) is 10.3. The molecule has 2 aromatic rings. The van der Waals surface area contributed by atoms with Gasteiger partial charge in [-0.25, -0.2) is 0 Å². The molecule has 0 heterocycles. The molecule has 2 atom stereocenters. The van der Waals surface area contributed by atoms with Crippen LogP contribution in [0.15, 0.2) is 54.1 Å². The fourth-order valence-electron chi connectivity index (χ4n) is 8.02. The SMILES string of the molecule is CCCCCCCCCCN(C(CCCCCCCC)C(C)(C)C1C(C)=Cc2c(-c3ccccc3)cccc21)C(C)(C)C. The smallest absolute Gasteiger partial charge is 0.0160 e. The van der Waals surface area contributed by atoms with Crippen LogP contribution in [0, 0.1) is 5.41 Å². The standard InChI is InChI=1S/C42H67N/c1-9-11-13-15-17-18-20-25-32-43(41(4,5)6)39(31-24-19-16-14-12-10-2)42(7,8)40-34(3)33-38-36(29-26-30-37(38)40)35-27-22-21-23-28-35/h21-23,26-30,33,39-40H,9-20,24-25,31-32H2,1-8H3. The molecule has 0 saturated carbocycles. The molecule has 0 aromatic heterocycles. The molecule has 0 aliphatic heterocycles. The quantitative estimate of drug-likeness (QED) is 0.140. The van der Waals surface area contributed by atoms with E-state index in [4.69, 9.17) is 0 Å². The molecule has 0 N–H and O–H groups in total. The molecule has 0 radical (unpaired) electrons. The predicted octanol–water partition coefficient (Wildman–Crippen LogP) is 13.2. The fraction of sp³-hybridized carbons (Fsp3) is 0.667. The lowest BCUT2D eigenvalue weighted by atomic mass is 9.66. The molecule has 1 aliphatic carbocycles. The van der Waals surface area contributed by atoms with Crippen molar-refractivity contribution in [3.63, 3.8) is 0 Å². The summed E-state index contributed by atoms with van der Waals surface area (Å²) in [5, 5.41) is 0. The van der Waals surface area contributed by atoms with E-state index in [1.165, 1.54) is 131 Å². The topological polar surface area (TPSA) is 3.24 Å². The van der Waals surface area contributed by atoms with Crippen LogP contribution in [0.1, 0.15) is 169 Å². The summed E-state index contributed by atoms with van der Waals surface area (Å²) >= 11 is 0. The van der Waals surface area contributed by atoms with Crippen molar-refractivity contribution in [1.29, 1.82) is 0 Å². The van der Waals surface area contributed by atoms with Gasteiger partial charge in [-0.05, 0) is 74.8 Å². The zero-order valence-corrected chi connectivity index (χ0v) is 29.6. The van der Waals surface area contributed by atoms with Gasteiger partial charge >= 0.3 is 0 Å². The highest BCUT2D eigenvalue weighted by molar-refractivity contribution is 5.82. The molecule has 2 unspecified atom stereocenters. The number of allylic oxidation sites excluding steroid dienone is 1. The average molecular weight is 586 g/mol. The first-order valence-electron chi connectivity index (χ1n) is 18.3. The Labute approximate surface area is 268 Å². The number of hydrogen-bond acceptors (Lipinski definition) is 1. The number of hydrogen-bond donors (Lipinski definition) is 0. The van der Waals surface area contributed by atoms with Crippen LogP contribution in [0.5, 0.6) is 0 Å². The Balaban J connectivity index is 1.86. The molecule has 3 rings (SSSR count). The van der Waals surface area contributed by atoms with Gasteiger partial charge < -0.3 is 0 Å². The van der Waals surface area contributed by atoms with E-state index in [-0.39, 0.29) is 11.0 Å². The van der Waals surface area contributed by atoms with Gasteiger partial charge in [0.05, 0.1) is 0 Å². The summed E-state index contributed by atoms with van der Waals surface area (Å²) in [5.41, 5.74) is 7.52. The lowest BCUT2D eigenvalue weighted by molar-refractivity contribution is -0.000250. The highest BCUT2D eigenvalue weighted by Crippen LogP contribution is 2.53. The van der Waals surface area contributed by atoms with E-state index in [0.29, 0.717) is 12.0 Å². The van der Waals surface area contributed by atoms with E-state index in [2.05, 4.69) is 115 Å². The summed E-state index contributed by atoms with van der Waals surface area (Å²) in [7, 11) is 0. The van der Waals surface area contributed by atoms with Crippen molar-refractivity contribution in [3.05, 3.63) is 65.2 Å². The van der Waals surface area contributed by atoms with E-state index in [1.807, 2.05) is 0 Å². The predicted molar refractivity (Wildman–Crippen MR) is 193 cm³/mol. The summed E-state index contributed by atoms with van der Waals surface area (Å²) in [6, 6.07) is 18.6. The van der Waals surface area contributed by atoms with Crippen molar-refractivity contribution in [2.24, 2.45) is 5.41 Å². The monoisotopic (exact) mass is 586 g/mol. The largest absolute Gasteiger partial charge is 0.295 e. The number of fused-ring (bicyclic) bond motifs is 1. The number of benzene rings is 2. The van der Waals surface area contributed by atoms with Gasteiger partial charge in [-0.3, -0.25) is 4.90 Å². The van der Waals surface area contributed by atoms with Crippen LogP contribution < -0.4 is 0 Å². The summed E-state index contributed by atoms with van der Waals surface area (Å²) in [6.45, 7) is 20.9. The molecule has 0 amide bonds. The Morgan fingerprint density at radius 1 is 0.651 bits per heavy atom. The summed E-state index contributed by atoms with van der Waals surface area (Å²) in [4.78, 5) is 2.95. The third kappa shape index (κ3) is 10.1. The van der Waals surface area contributed by atoms with Crippen LogP contribution in [0.3, 0.4) is 0 Å². The van der Waals surface area contributed by atoms with E-state index in [0.717, 1.165) is 0 Å². The van der Waals surface area contributed by atoms with Crippen molar-refractivity contribution in [2.45, 2.75) is 169 Å². The minimum absolute atomic E-state index is 0.123. The molecular weight excluding hydrogens is 518 g/mol. The molecular formula is C42H67N. The summed E-state index contributed by atoms with van der Waals surface area (Å²) in [5.74, 6) is 0.444. The minimum Gasteiger partial charge on any atom is -0.295 e. The van der Waals surface area contributed by atoms with Gasteiger partial charge in [-0.1, -0.05) is 171 Å². The lowest BCUT2D eigenvalue weighted by Crippen LogP contribution is -2.55. The second-order valence-corrected chi connectivity index (χ2v) is 15.2. The van der Waals surface area contributed by atoms with E-state index in [9.17, 15) is 0 Å². The maximum Gasteiger partial charge on any atom is 0.0160 e. The summed E-state index contributed by atoms with van der Waals surface area (Å²) < 4.78 is 0. The Hall–Kier alpha value is -1.86. The van der Waals surface area contributed by atoms with Gasteiger partial charge in [-0.2, -0.15) is 0 Å². The van der Waals surface area contributed by atoms with Gasteiger partial charge in [0.15, 0.2) is 0 Å². The first kappa shape index (κ1) is 35.6. The van der Waals surface area contributed by atoms with Crippen molar-refractivity contribution in [1.82, 2.24) is 4.90 Å². The van der Waals surface area contributed by atoms with E-state index >= 15 is 0 Å². The van der Waals surface area contributed by atoms with Gasteiger partial charge in [0, 0.05) is 17.5 Å². The van der Waals surface area contributed by atoms with Crippen molar-refractivity contribution >= 4 is 6.08 Å². The van der Waals surface area contributed by atoms with Gasteiger partial charge in [0.25, 0.3) is 0 Å². The summed E-state index contributed by atoms with van der Waals surface area (Å²) in [6.07, 6.45) is 23.1. The van der Waals surface area contributed by atoms with Crippen LogP contribution in [-0.4, -0.2) is 23.0 Å². The van der Waals surface area contributed by atoms with Crippen LogP contribution in [-0.2, 0) is 0 Å². The number of unbranched alkanes of at least 4 members (excludes halogenated alkanes) is 12. The molecule has 0 spiro atoms. The van der Waals surface area contributed by atoms with Gasteiger partial charge in [0.2, 0.25) is 0 Å². The zero-order valence-electron chi connectivity index (χ0n) is 29.6. The fourth-order valence-corrected chi connectivity index (χ4v) is 8.02. The Kier molecular flexibility index (Phi) is 14.6. The van der Waals surface area contributed by atoms with Crippen LogP contribution in [0.4, 0.5) is 0 Å². The van der Waals surface area contributed by atoms with Crippen LogP contribution in [0.2, 0.25) is 0 Å². The number of rotatable bonds is 20. The van der Waals surface area contributed by atoms with Crippen LogP contribution in [0.25, 0.3) is 17.2 Å². The maximum absolute atomic E-state index is 2.95. The van der Waals surface area contributed by atoms with E-state index in [1.54, 1.807) is 0 Å². The first-order chi connectivity index (χ1) is 20.6. The highest BCUT2D eigenvalue weighted by Gasteiger charge is 2.46. The molecule has 0 saturated heterocycles. The lowest BCUT2D eigenvalue weighted by Gasteiger charge is -2.51. The minimum atomic E-state index is 0.123. The molecule has 2 aromatic carbocycles. The van der Waals surface area contributed by atoms with Crippen molar-refractivity contribution < 1.29 is 0 Å². The molecule has 1 aliphatic rings. The third-order valence-corrected chi connectivity index (χ3v) is 10.3. The molecule has 43 heavy (non-hydrogen) atoms. The molecule has 0 bridgehead atoms. The zero-order chi connectivity index (χ0) is 31.3. The second kappa shape index (κ2) is 17.6. The van der Waals surface area contributed by atoms with Crippen molar-refractivity contribution in [2.75, 3.05) is 6.54 Å². The molecule has 240 valence electrons. The normalized spacial score (nSPS) is 16.0.